The third kappa shape index (κ3) is 2.02. The lowest BCUT2D eigenvalue weighted by Crippen LogP contribution is -2.53. The van der Waals surface area contributed by atoms with Crippen molar-refractivity contribution >= 4 is 0 Å². The monoisotopic (exact) mass is 248 g/mol. The Labute approximate surface area is 112 Å². The van der Waals surface area contributed by atoms with Crippen LogP contribution in [0, 0.1) is 11.8 Å². The molecule has 0 spiro atoms. The van der Waals surface area contributed by atoms with Crippen LogP contribution >= 0.6 is 0 Å². The van der Waals surface area contributed by atoms with Crippen molar-refractivity contribution in [2.45, 2.75) is 63.5 Å². The van der Waals surface area contributed by atoms with Gasteiger partial charge in [-0.2, -0.15) is 0 Å². The van der Waals surface area contributed by atoms with Crippen LogP contribution in [-0.4, -0.2) is 48.1 Å². The second-order valence-corrected chi connectivity index (χ2v) is 7.25. The summed E-state index contributed by atoms with van der Waals surface area (Å²) in [5.41, 5.74) is 0. The van der Waals surface area contributed by atoms with E-state index in [0.717, 1.165) is 23.9 Å². The standard InChI is InChI=1S/C16H28N2/c1-2-4-15(3-1)17-7-9-18(10-8-17)16-12-13-5-6-14(16)11-13/h13-16H,1-12H2/t13-,14+,16+/m0/s1. The quantitative estimate of drug-likeness (QED) is 0.741. The van der Waals surface area contributed by atoms with E-state index in [-0.39, 0.29) is 0 Å². The van der Waals surface area contributed by atoms with E-state index in [1.54, 1.807) is 12.8 Å². The summed E-state index contributed by atoms with van der Waals surface area (Å²) in [6, 6.07) is 1.93. The van der Waals surface area contributed by atoms with E-state index in [1.165, 1.54) is 64.7 Å². The van der Waals surface area contributed by atoms with Gasteiger partial charge in [-0.1, -0.05) is 19.3 Å². The Kier molecular flexibility index (Phi) is 3.12. The van der Waals surface area contributed by atoms with Crippen molar-refractivity contribution in [2.75, 3.05) is 26.2 Å². The highest BCUT2D eigenvalue weighted by Crippen LogP contribution is 2.46. The van der Waals surface area contributed by atoms with Gasteiger partial charge in [0.1, 0.15) is 0 Å². The van der Waals surface area contributed by atoms with Crippen molar-refractivity contribution < 1.29 is 0 Å². The lowest BCUT2D eigenvalue weighted by molar-refractivity contribution is 0.0517. The van der Waals surface area contributed by atoms with Crippen LogP contribution < -0.4 is 0 Å². The SMILES string of the molecule is C1CCC(N2CCN([C@@H]3C[C@H]4CC[C@@H]3C4)CC2)C1. The molecule has 3 aliphatic carbocycles. The Balaban J connectivity index is 1.32. The molecule has 1 aliphatic heterocycles. The van der Waals surface area contributed by atoms with Crippen LogP contribution in [0.2, 0.25) is 0 Å². The minimum Gasteiger partial charge on any atom is -0.298 e. The van der Waals surface area contributed by atoms with Crippen molar-refractivity contribution in [2.24, 2.45) is 11.8 Å². The molecule has 0 N–H and O–H groups in total. The molecule has 0 radical (unpaired) electrons. The summed E-state index contributed by atoms with van der Waals surface area (Å²) in [5.74, 6) is 2.18. The van der Waals surface area contributed by atoms with Gasteiger partial charge in [-0.05, 0) is 43.9 Å². The van der Waals surface area contributed by atoms with Crippen LogP contribution in [0.5, 0.6) is 0 Å². The van der Waals surface area contributed by atoms with E-state index >= 15 is 0 Å². The number of piperazine rings is 1. The Morgan fingerprint density at radius 2 is 1.39 bits per heavy atom. The van der Waals surface area contributed by atoms with Gasteiger partial charge in [-0.3, -0.25) is 9.80 Å². The van der Waals surface area contributed by atoms with E-state index in [1.807, 2.05) is 0 Å². The van der Waals surface area contributed by atoms with Crippen molar-refractivity contribution in [3.63, 3.8) is 0 Å². The average molecular weight is 248 g/mol. The van der Waals surface area contributed by atoms with Crippen LogP contribution in [0.1, 0.15) is 51.4 Å². The number of nitrogens with zero attached hydrogens (tertiary/aromatic N) is 2. The van der Waals surface area contributed by atoms with Crippen LogP contribution in [-0.2, 0) is 0 Å². The maximum atomic E-state index is 2.86. The third-order valence-electron chi connectivity index (χ3n) is 6.36. The van der Waals surface area contributed by atoms with Crippen molar-refractivity contribution in [3.8, 4) is 0 Å². The predicted molar refractivity (Wildman–Crippen MR) is 74.6 cm³/mol. The Morgan fingerprint density at radius 1 is 0.667 bits per heavy atom. The van der Waals surface area contributed by atoms with Crippen LogP contribution in [0.3, 0.4) is 0 Å². The highest BCUT2D eigenvalue weighted by molar-refractivity contribution is 4.97. The van der Waals surface area contributed by atoms with Crippen LogP contribution in [0.15, 0.2) is 0 Å². The molecule has 0 aromatic carbocycles. The number of hydrogen-bond donors (Lipinski definition) is 0. The molecule has 18 heavy (non-hydrogen) atoms. The fraction of sp³-hybridized carbons (Fsp3) is 1.00. The van der Waals surface area contributed by atoms with Crippen LogP contribution in [0.4, 0.5) is 0 Å². The molecule has 3 saturated carbocycles. The number of hydrogen-bond acceptors (Lipinski definition) is 2. The summed E-state index contributed by atoms with van der Waals surface area (Å²) >= 11 is 0. The lowest BCUT2D eigenvalue weighted by Gasteiger charge is -2.43. The maximum Gasteiger partial charge on any atom is 0.0127 e. The second-order valence-electron chi connectivity index (χ2n) is 7.25. The molecule has 1 heterocycles. The Morgan fingerprint density at radius 3 is 2.00 bits per heavy atom. The first-order valence-corrected chi connectivity index (χ1v) is 8.38. The van der Waals surface area contributed by atoms with Gasteiger partial charge in [0.15, 0.2) is 0 Å². The molecular formula is C16H28N2. The molecule has 2 bridgehead atoms. The minimum atomic E-state index is 0.951. The highest BCUT2D eigenvalue weighted by atomic mass is 15.3. The van der Waals surface area contributed by atoms with E-state index in [0.29, 0.717) is 0 Å². The zero-order valence-corrected chi connectivity index (χ0v) is 11.7. The molecule has 2 heteroatoms. The molecule has 0 aromatic heterocycles. The Bertz CT molecular complexity index is 289. The van der Waals surface area contributed by atoms with Gasteiger partial charge in [0.25, 0.3) is 0 Å². The van der Waals surface area contributed by atoms with Gasteiger partial charge in [-0.15, -0.1) is 0 Å². The van der Waals surface area contributed by atoms with Gasteiger partial charge in [-0.25, -0.2) is 0 Å². The predicted octanol–water partition coefficient (Wildman–Crippen LogP) is 2.74. The summed E-state index contributed by atoms with van der Waals surface area (Å²) < 4.78 is 0. The van der Waals surface area contributed by atoms with E-state index < -0.39 is 0 Å². The first-order chi connectivity index (χ1) is 8.90. The average Bonchev–Trinajstić information content (AvgIpc) is 3.16. The summed E-state index contributed by atoms with van der Waals surface area (Å²) in [5, 5.41) is 0. The summed E-state index contributed by atoms with van der Waals surface area (Å²) in [7, 11) is 0. The first kappa shape index (κ1) is 11.7. The maximum absolute atomic E-state index is 2.86. The van der Waals surface area contributed by atoms with Gasteiger partial charge in [0.2, 0.25) is 0 Å². The van der Waals surface area contributed by atoms with Gasteiger partial charge >= 0.3 is 0 Å². The topological polar surface area (TPSA) is 6.48 Å². The van der Waals surface area contributed by atoms with Crippen molar-refractivity contribution in [1.82, 2.24) is 9.80 Å². The van der Waals surface area contributed by atoms with E-state index in [9.17, 15) is 0 Å². The third-order valence-corrected chi connectivity index (χ3v) is 6.36. The number of rotatable bonds is 2. The molecule has 0 amide bonds. The zero-order chi connectivity index (χ0) is 11.9. The van der Waals surface area contributed by atoms with E-state index in [4.69, 9.17) is 0 Å². The molecule has 4 aliphatic rings. The first-order valence-electron chi connectivity index (χ1n) is 8.38. The minimum absolute atomic E-state index is 0.951. The summed E-state index contributed by atoms with van der Waals surface area (Å²) in [6.07, 6.45) is 12.1. The van der Waals surface area contributed by atoms with Gasteiger partial charge < -0.3 is 0 Å². The van der Waals surface area contributed by atoms with Gasteiger partial charge in [0, 0.05) is 38.3 Å². The zero-order valence-electron chi connectivity index (χ0n) is 11.7. The molecule has 4 rings (SSSR count). The summed E-state index contributed by atoms with van der Waals surface area (Å²) in [4.78, 5) is 5.66. The van der Waals surface area contributed by atoms with Crippen molar-refractivity contribution in [3.05, 3.63) is 0 Å². The summed E-state index contributed by atoms with van der Waals surface area (Å²) in [6.45, 7) is 5.45. The van der Waals surface area contributed by atoms with Crippen LogP contribution in [0.25, 0.3) is 0 Å². The molecule has 3 atom stereocenters. The van der Waals surface area contributed by atoms with Crippen molar-refractivity contribution in [1.29, 1.82) is 0 Å². The molecule has 102 valence electrons. The van der Waals surface area contributed by atoms with E-state index in [2.05, 4.69) is 9.80 Å². The largest absolute Gasteiger partial charge is 0.298 e. The molecular weight excluding hydrogens is 220 g/mol. The van der Waals surface area contributed by atoms with Gasteiger partial charge in [0.05, 0.1) is 0 Å². The molecule has 0 unspecified atom stereocenters. The fourth-order valence-corrected chi connectivity index (χ4v) is 5.36. The normalized spacial score (nSPS) is 43.0. The molecule has 1 saturated heterocycles. The molecule has 2 nitrogen and oxygen atoms in total. The molecule has 4 fully saturated rings. The molecule has 0 aromatic rings. The smallest absolute Gasteiger partial charge is 0.0127 e. The number of fused-ring (bicyclic) bond motifs is 2. The fourth-order valence-electron chi connectivity index (χ4n) is 5.36. The second kappa shape index (κ2) is 4.79. The lowest BCUT2D eigenvalue weighted by atomic mass is 9.93. The highest BCUT2D eigenvalue weighted by Gasteiger charge is 2.43. The Hall–Kier alpha value is -0.0800.